The van der Waals surface area contributed by atoms with Crippen molar-refractivity contribution in [1.82, 2.24) is 15.1 Å². The molecule has 0 atom stereocenters. The quantitative estimate of drug-likeness (QED) is 0.666. The molecule has 1 aliphatic carbocycles. The predicted octanol–water partition coefficient (Wildman–Crippen LogP) is 1.81. The molecule has 1 N–H and O–H groups in total. The zero-order valence-electron chi connectivity index (χ0n) is 10.7. The van der Waals surface area contributed by atoms with Crippen LogP contribution >= 0.6 is 0 Å². The molecule has 4 heteroatoms. The smallest absolute Gasteiger partial charge is 0.0591 e. The molecule has 2 rings (SSSR count). The lowest BCUT2D eigenvalue weighted by molar-refractivity contribution is 0.126. The number of nitrogens with zero attached hydrogens (tertiary/aromatic N) is 2. The summed E-state index contributed by atoms with van der Waals surface area (Å²) in [5.41, 5.74) is 1.25. The van der Waals surface area contributed by atoms with Gasteiger partial charge in [-0.1, -0.05) is 6.92 Å². The first-order valence-corrected chi connectivity index (χ1v) is 6.68. The van der Waals surface area contributed by atoms with Gasteiger partial charge in [0.2, 0.25) is 0 Å². The van der Waals surface area contributed by atoms with E-state index in [4.69, 9.17) is 4.74 Å². The molecule has 1 aromatic rings. The molecule has 1 fully saturated rings. The van der Waals surface area contributed by atoms with Crippen molar-refractivity contribution in [3.8, 4) is 0 Å². The number of hydrogen-bond donors (Lipinski definition) is 1. The molecule has 0 saturated heterocycles. The Morgan fingerprint density at radius 3 is 3.18 bits per heavy atom. The maximum atomic E-state index is 5.56. The summed E-state index contributed by atoms with van der Waals surface area (Å²) >= 11 is 0. The molecule has 0 amide bonds. The van der Waals surface area contributed by atoms with Crippen molar-refractivity contribution in [2.24, 2.45) is 5.92 Å². The normalized spacial score (nSPS) is 15.4. The van der Waals surface area contributed by atoms with Crippen molar-refractivity contribution >= 4 is 0 Å². The molecule has 0 aromatic carbocycles. The number of hydrogen-bond acceptors (Lipinski definition) is 3. The second kappa shape index (κ2) is 6.77. The molecular formula is C13H23N3O. The van der Waals surface area contributed by atoms with Crippen molar-refractivity contribution in [2.75, 3.05) is 19.8 Å². The SMILES string of the molecule is CCCn1cc(CNCCOCC2CC2)cn1. The number of aromatic nitrogens is 2. The van der Waals surface area contributed by atoms with E-state index in [1.165, 1.54) is 18.4 Å². The Morgan fingerprint density at radius 2 is 2.41 bits per heavy atom. The molecule has 0 bridgehead atoms. The van der Waals surface area contributed by atoms with Gasteiger partial charge >= 0.3 is 0 Å². The van der Waals surface area contributed by atoms with Crippen molar-refractivity contribution in [1.29, 1.82) is 0 Å². The van der Waals surface area contributed by atoms with E-state index < -0.39 is 0 Å². The highest BCUT2D eigenvalue weighted by molar-refractivity contribution is 5.03. The van der Waals surface area contributed by atoms with Crippen LogP contribution < -0.4 is 5.32 Å². The van der Waals surface area contributed by atoms with Crippen LogP contribution in [0, 0.1) is 5.92 Å². The van der Waals surface area contributed by atoms with E-state index >= 15 is 0 Å². The van der Waals surface area contributed by atoms with Gasteiger partial charge in [0.05, 0.1) is 12.8 Å². The average molecular weight is 237 g/mol. The Balaban J connectivity index is 1.50. The van der Waals surface area contributed by atoms with Crippen LogP contribution in [0.5, 0.6) is 0 Å². The van der Waals surface area contributed by atoms with Gasteiger partial charge in [-0.15, -0.1) is 0 Å². The molecule has 1 aromatic heterocycles. The number of aryl methyl sites for hydroxylation is 1. The van der Waals surface area contributed by atoms with E-state index in [2.05, 4.69) is 23.5 Å². The summed E-state index contributed by atoms with van der Waals surface area (Å²) in [6, 6.07) is 0. The van der Waals surface area contributed by atoms with E-state index in [9.17, 15) is 0 Å². The van der Waals surface area contributed by atoms with Crippen LogP contribution in [0.2, 0.25) is 0 Å². The highest BCUT2D eigenvalue weighted by Gasteiger charge is 2.20. The van der Waals surface area contributed by atoms with Crippen LogP contribution in [0.3, 0.4) is 0 Å². The van der Waals surface area contributed by atoms with Gasteiger partial charge in [-0.25, -0.2) is 0 Å². The number of rotatable bonds is 9. The van der Waals surface area contributed by atoms with Gasteiger partial charge in [0.25, 0.3) is 0 Å². The predicted molar refractivity (Wildman–Crippen MR) is 67.8 cm³/mol. The number of ether oxygens (including phenoxy) is 1. The first-order valence-electron chi connectivity index (χ1n) is 6.68. The molecular weight excluding hydrogens is 214 g/mol. The summed E-state index contributed by atoms with van der Waals surface area (Å²) in [7, 11) is 0. The van der Waals surface area contributed by atoms with E-state index in [0.29, 0.717) is 0 Å². The summed E-state index contributed by atoms with van der Waals surface area (Å²) in [4.78, 5) is 0. The summed E-state index contributed by atoms with van der Waals surface area (Å²) < 4.78 is 7.56. The van der Waals surface area contributed by atoms with Crippen molar-refractivity contribution in [2.45, 2.75) is 39.3 Å². The van der Waals surface area contributed by atoms with Crippen LogP contribution in [0.4, 0.5) is 0 Å². The van der Waals surface area contributed by atoms with Crippen LogP contribution in [0.15, 0.2) is 12.4 Å². The van der Waals surface area contributed by atoms with Crippen molar-refractivity contribution in [3.05, 3.63) is 18.0 Å². The van der Waals surface area contributed by atoms with Gasteiger partial charge in [-0.05, 0) is 25.2 Å². The van der Waals surface area contributed by atoms with Gasteiger partial charge in [-0.2, -0.15) is 5.10 Å². The van der Waals surface area contributed by atoms with E-state index in [1.807, 2.05) is 10.9 Å². The maximum Gasteiger partial charge on any atom is 0.0591 e. The lowest BCUT2D eigenvalue weighted by atomic mass is 10.3. The van der Waals surface area contributed by atoms with Gasteiger partial charge in [-0.3, -0.25) is 4.68 Å². The van der Waals surface area contributed by atoms with Gasteiger partial charge in [0, 0.05) is 38.0 Å². The average Bonchev–Trinajstić information content (AvgIpc) is 3.05. The molecule has 1 saturated carbocycles. The summed E-state index contributed by atoms with van der Waals surface area (Å²) in [5, 5.41) is 7.67. The molecule has 0 aliphatic heterocycles. The minimum absolute atomic E-state index is 0.819. The molecule has 17 heavy (non-hydrogen) atoms. The molecule has 4 nitrogen and oxygen atoms in total. The molecule has 0 unspecified atom stereocenters. The van der Waals surface area contributed by atoms with Crippen LogP contribution in [0.1, 0.15) is 31.7 Å². The van der Waals surface area contributed by atoms with E-state index in [-0.39, 0.29) is 0 Å². The highest BCUT2D eigenvalue weighted by atomic mass is 16.5. The largest absolute Gasteiger partial charge is 0.380 e. The Kier molecular flexibility index (Phi) is 5.01. The number of nitrogens with one attached hydrogen (secondary N) is 1. The zero-order valence-corrected chi connectivity index (χ0v) is 10.7. The minimum atomic E-state index is 0.819. The summed E-state index contributed by atoms with van der Waals surface area (Å²) in [6.45, 7) is 6.75. The molecule has 0 spiro atoms. The minimum Gasteiger partial charge on any atom is -0.380 e. The van der Waals surface area contributed by atoms with Crippen molar-refractivity contribution in [3.63, 3.8) is 0 Å². The third-order valence-corrected chi connectivity index (χ3v) is 2.94. The fraction of sp³-hybridized carbons (Fsp3) is 0.769. The fourth-order valence-corrected chi connectivity index (χ4v) is 1.76. The summed E-state index contributed by atoms with van der Waals surface area (Å²) in [5.74, 6) is 0.863. The first-order chi connectivity index (χ1) is 8.38. The third kappa shape index (κ3) is 4.88. The zero-order chi connectivity index (χ0) is 11.9. The third-order valence-electron chi connectivity index (χ3n) is 2.94. The second-order valence-corrected chi connectivity index (χ2v) is 4.81. The van der Waals surface area contributed by atoms with E-state index in [1.54, 1.807) is 0 Å². The van der Waals surface area contributed by atoms with E-state index in [0.717, 1.165) is 45.2 Å². The first kappa shape index (κ1) is 12.6. The molecule has 1 heterocycles. The highest BCUT2D eigenvalue weighted by Crippen LogP contribution is 2.28. The second-order valence-electron chi connectivity index (χ2n) is 4.81. The van der Waals surface area contributed by atoms with Crippen molar-refractivity contribution < 1.29 is 4.74 Å². The van der Waals surface area contributed by atoms with Crippen LogP contribution in [0.25, 0.3) is 0 Å². The Morgan fingerprint density at radius 1 is 1.53 bits per heavy atom. The monoisotopic (exact) mass is 237 g/mol. The standard InChI is InChI=1S/C13H23N3O/c1-2-6-16-10-13(9-15-16)8-14-5-7-17-11-12-3-4-12/h9-10,12,14H,2-8,11H2,1H3. The van der Waals surface area contributed by atoms with Gasteiger partial charge in [0.1, 0.15) is 0 Å². The fourth-order valence-electron chi connectivity index (χ4n) is 1.76. The van der Waals surface area contributed by atoms with Crippen LogP contribution in [-0.4, -0.2) is 29.5 Å². The summed E-state index contributed by atoms with van der Waals surface area (Å²) in [6.07, 6.45) is 7.91. The molecule has 96 valence electrons. The van der Waals surface area contributed by atoms with Gasteiger partial charge in [0.15, 0.2) is 0 Å². The Bertz CT molecular complexity index is 320. The Labute approximate surface area is 103 Å². The lowest BCUT2D eigenvalue weighted by Crippen LogP contribution is -2.19. The van der Waals surface area contributed by atoms with Crippen LogP contribution in [-0.2, 0) is 17.8 Å². The molecule has 0 radical (unpaired) electrons. The Hall–Kier alpha value is -0.870. The molecule has 1 aliphatic rings. The topological polar surface area (TPSA) is 39.1 Å². The lowest BCUT2D eigenvalue weighted by Gasteiger charge is -2.04. The van der Waals surface area contributed by atoms with Gasteiger partial charge < -0.3 is 10.1 Å². The maximum absolute atomic E-state index is 5.56.